The molecule has 1 aliphatic rings. The molecule has 0 aliphatic carbocycles. The number of esters is 1. The van der Waals surface area contributed by atoms with Crippen molar-refractivity contribution >= 4 is 23.6 Å². The van der Waals surface area contributed by atoms with Crippen molar-refractivity contribution in [1.29, 1.82) is 0 Å². The van der Waals surface area contributed by atoms with E-state index in [1.807, 2.05) is 31.2 Å². The first-order valence-corrected chi connectivity index (χ1v) is 8.55. The molecule has 2 aromatic rings. The Labute approximate surface area is 151 Å². The van der Waals surface area contributed by atoms with Crippen molar-refractivity contribution < 1.29 is 18.7 Å². The molecule has 26 heavy (non-hydrogen) atoms. The number of amides is 1. The lowest BCUT2D eigenvalue weighted by atomic mass is 9.96. The fourth-order valence-electron chi connectivity index (χ4n) is 3.09. The second kappa shape index (κ2) is 7.95. The second-order valence-electron chi connectivity index (χ2n) is 6.24. The van der Waals surface area contributed by atoms with Crippen molar-refractivity contribution in [2.75, 3.05) is 11.5 Å². The van der Waals surface area contributed by atoms with Gasteiger partial charge in [0.15, 0.2) is 6.61 Å². The van der Waals surface area contributed by atoms with Crippen LogP contribution in [0.15, 0.2) is 54.6 Å². The maximum atomic E-state index is 13.5. The zero-order valence-corrected chi connectivity index (χ0v) is 14.5. The number of halogens is 1. The molecule has 4 nitrogen and oxygen atoms in total. The minimum Gasteiger partial charge on any atom is -0.452 e. The van der Waals surface area contributed by atoms with Crippen LogP contribution in [0, 0.1) is 5.82 Å². The highest BCUT2D eigenvalue weighted by Gasteiger charge is 2.28. The van der Waals surface area contributed by atoms with Gasteiger partial charge in [-0.05, 0) is 43.5 Å². The first kappa shape index (κ1) is 17.9. The number of hydrogen-bond donors (Lipinski definition) is 0. The van der Waals surface area contributed by atoms with Crippen LogP contribution in [0.5, 0.6) is 0 Å². The Balaban J connectivity index is 1.62. The Bertz CT molecular complexity index is 847. The molecule has 0 radical (unpaired) electrons. The normalized spacial score (nSPS) is 16.4. The lowest BCUT2D eigenvalue weighted by molar-refractivity contribution is -0.143. The lowest BCUT2D eigenvalue weighted by Gasteiger charge is -2.35. The van der Waals surface area contributed by atoms with Crippen molar-refractivity contribution in [1.82, 2.24) is 0 Å². The molecule has 1 atom stereocenters. The summed E-state index contributed by atoms with van der Waals surface area (Å²) in [5.74, 6) is -1.37. The van der Waals surface area contributed by atoms with Crippen LogP contribution in [0.25, 0.3) is 6.08 Å². The van der Waals surface area contributed by atoms with Gasteiger partial charge in [-0.3, -0.25) is 4.79 Å². The molecule has 0 aromatic heterocycles. The van der Waals surface area contributed by atoms with Gasteiger partial charge in [0.25, 0.3) is 5.91 Å². The van der Waals surface area contributed by atoms with E-state index in [2.05, 4.69) is 0 Å². The Morgan fingerprint density at radius 3 is 2.73 bits per heavy atom. The number of rotatable bonds is 4. The molecule has 0 fully saturated rings. The van der Waals surface area contributed by atoms with Gasteiger partial charge in [0.05, 0.1) is 0 Å². The van der Waals surface area contributed by atoms with Gasteiger partial charge in [0, 0.05) is 23.4 Å². The number of hydrogen-bond acceptors (Lipinski definition) is 3. The average molecular weight is 353 g/mol. The molecule has 0 spiro atoms. The first-order chi connectivity index (χ1) is 12.6. The maximum absolute atomic E-state index is 13.5. The van der Waals surface area contributed by atoms with Crippen LogP contribution in [-0.2, 0) is 20.7 Å². The van der Waals surface area contributed by atoms with Gasteiger partial charge in [0.1, 0.15) is 5.82 Å². The summed E-state index contributed by atoms with van der Waals surface area (Å²) >= 11 is 0. The summed E-state index contributed by atoms with van der Waals surface area (Å²) in [5.41, 5.74) is 2.27. The van der Waals surface area contributed by atoms with Crippen LogP contribution in [0.3, 0.4) is 0 Å². The zero-order valence-electron chi connectivity index (χ0n) is 14.5. The van der Waals surface area contributed by atoms with Crippen molar-refractivity contribution in [3.63, 3.8) is 0 Å². The molecular weight excluding hydrogens is 333 g/mol. The largest absolute Gasteiger partial charge is 0.452 e. The highest BCUT2D eigenvalue weighted by molar-refractivity contribution is 5.97. The minimum atomic E-state index is -0.681. The quantitative estimate of drug-likeness (QED) is 0.621. The summed E-state index contributed by atoms with van der Waals surface area (Å²) in [5, 5.41) is 0. The van der Waals surface area contributed by atoms with E-state index in [1.54, 1.807) is 23.1 Å². The Kier molecular flexibility index (Phi) is 5.46. The standard InChI is InChI=1S/C21H20FNO3/c1-15-10-11-17-7-3-5-9-19(17)23(15)20(24)14-26-21(25)13-12-16-6-2-4-8-18(16)22/h2-9,12-13,15H,10-11,14H2,1H3/b13-12+. The van der Waals surface area contributed by atoms with E-state index < -0.39 is 11.8 Å². The third kappa shape index (κ3) is 3.99. The predicted molar refractivity (Wildman–Crippen MR) is 98.1 cm³/mol. The number of carbonyl (C=O) groups is 2. The number of anilines is 1. The number of carbonyl (C=O) groups excluding carboxylic acids is 2. The molecule has 0 bridgehead atoms. The summed E-state index contributed by atoms with van der Waals surface area (Å²) in [4.78, 5) is 26.1. The van der Waals surface area contributed by atoms with Gasteiger partial charge in [-0.15, -0.1) is 0 Å². The Morgan fingerprint density at radius 1 is 1.19 bits per heavy atom. The summed E-state index contributed by atoms with van der Waals surface area (Å²) in [6.45, 7) is 1.63. The Morgan fingerprint density at radius 2 is 1.92 bits per heavy atom. The van der Waals surface area contributed by atoms with Crippen molar-refractivity contribution in [3.05, 3.63) is 71.6 Å². The number of ether oxygens (including phenoxy) is 1. The van der Waals surface area contributed by atoms with E-state index in [0.717, 1.165) is 30.2 Å². The molecule has 0 saturated heterocycles. The van der Waals surface area contributed by atoms with E-state index >= 15 is 0 Å². The molecule has 1 heterocycles. The van der Waals surface area contributed by atoms with E-state index in [1.165, 1.54) is 12.1 Å². The molecule has 3 rings (SSSR count). The van der Waals surface area contributed by atoms with Gasteiger partial charge < -0.3 is 9.64 Å². The van der Waals surface area contributed by atoms with Crippen LogP contribution in [0.4, 0.5) is 10.1 Å². The number of aryl methyl sites for hydroxylation is 1. The van der Waals surface area contributed by atoms with Gasteiger partial charge in [-0.25, -0.2) is 9.18 Å². The van der Waals surface area contributed by atoms with E-state index in [9.17, 15) is 14.0 Å². The summed E-state index contributed by atoms with van der Waals surface area (Å²) in [6.07, 6.45) is 4.25. The Hall–Kier alpha value is -2.95. The lowest BCUT2D eigenvalue weighted by Crippen LogP contribution is -2.44. The van der Waals surface area contributed by atoms with Gasteiger partial charge in [-0.1, -0.05) is 36.4 Å². The van der Waals surface area contributed by atoms with E-state index in [-0.39, 0.29) is 24.1 Å². The minimum absolute atomic E-state index is 0.0464. The SMILES string of the molecule is CC1CCc2ccccc2N1C(=O)COC(=O)/C=C/c1ccccc1F. The smallest absolute Gasteiger partial charge is 0.331 e. The fraction of sp³-hybridized carbons (Fsp3) is 0.238. The molecule has 2 aromatic carbocycles. The predicted octanol–water partition coefficient (Wildman–Crippen LogP) is 3.75. The van der Waals surface area contributed by atoms with Gasteiger partial charge in [0.2, 0.25) is 0 Å². The monoisotopic (exact) mass is 353 g/mol. The highest BCUT2D eigenvalue weighted by atomic mass is 19.1. The first-order valence-electron chi connectivity index (χ1n) is 8.55. The van der Waals surface area contributed by atoms with Crippen LogP contribution in [0.2, 0.25) is 0 Å². The van der Waals surface area contributed by atoms with Crippen LogP contribution >= 0.6 is 0 Å². The van der Waals surface area contributed by atoms with Gasteiger partial charge in [-0.2, -0.15) is 0 Å². The number of nitrogens with zero attached hydrogens (tertiary/aromatic N) is 1. The highest BCUT2D eigenvalue weighted by Crippen LogP contribution is 2.30. The number of benzene rings is 2. The zero-order chi connectivity index (χ0) is 18.5. The maximum Gasteiger partial charge on any atom is 0.331 e. The van der Waals surface area contributed by atoms with Crippen LogP contribution in [0.1, 0.15) is 24.5 Å². The van der Waals surface area contributed by atoms with E-state index in [0.29, 0.717) is 0 Å². The summed E-state index contributed by atoms with van der Waals surface area (Å²) in [6, 6.07) is 13.9. The van der Waals surface area contributed by atoms with Crippen LogP contribution < -0.4 is 4.90 Å². The summed E-state index contributed by atoms with van der Waals surface area (Å²) < 4.78 is 18.6. The third-order valence-corrected chi connectivity index (χ3v) is 4.43. The molecule has 134 valence electrons. The molecule has 0 saturated carbocycles. The average Bonchev–Trinajstić information content (AvgIpc) is 2.65. The second-order valence-corrected chi connectivity index (χ2v) is 6.24. The topological polar surface area (TPSA) is 46.6 Å². The summed E-state index contributed by atoms with van der Waals surface area (Å²) in [7, 11) is 0. The van der Waals surface area contributed by atoms with Crippen molar-refractivity contribution in [3.8, 4) is 0 Å². The molecule has 0 N–H and O–H groups in total. The molecular formula is C21H20FNO3. The van der Waals surface area contributed by atoms with Crippen LogP contribution in [-0.4, -0.2) is 24.5 Å². The van der Waals surface area contributed by atoms with E-state index in [4.69, 9.17) is 4.74 Å². The van der Waals surface area contributed by atoms with Crippen molar-refractivity contribution in [2.24, 2.45) is 0 Å². The third-order valence-electron chi connectivity index (χ3n) is 4.43. The number of fused-ring (bicyclic) bond motifs is 1. The fourth-order valence-corrected chi connectivity index (χ4v) is 3.09. The molecule has 1 amide bonds. The van der Waals surface area contributed by atoms with Gasteiger partial charge >= 0.3 is 5.97 Å². The van der Waals surface area contributed by atoms with Crippen molar-refractivity contribution in [2.45, 2.75) is 25.8 Å². The number of para-hydroxylation sites is 1. The molecule has 1 unspecified atom stereocenters. The molecule has 1 aliphatic heterocycles. The molecule has 5 heteroatoms.